The Balaban J connectivity index is 1.71. The van der Waals surface area contributed by atoms with Crippen LogP contribution in [-0.2, 0) is 16.6 Å². The molecule has 1 heterocycles. The van der Waals surface area contributed by atoms with Crippen LogP contribution in [0.2, 0.25) is 0 Å². The highest BCUT2D eigenvalue weighted by molar-refractivity contribution is 5.84. The smallest absolute Gasteiger partial charge is 0.310 e. The van der Waals surface area contributed by atoms with Crippen LogP contribution in [0.3, 0.4) is 0 Å². The third kappa shape index (κ3) is 3.46. The van der Waals surface area contributed by atoms with E-state index < -0.39 is 5.60 Å². The highest BCUT2D eigenvalue weighted by atomic mass is 16.6. The maximum Gasteiger partial charge on any atom is 0.310 e. The average molecular weight is 312 g/mol. The number of ether oxygens (including phenoxy) is 1. The fourth-order valence-electron chi connectivity index (χ4n) is 3.02. The number of aryl methyl sites for hydroxylation is 2. The van der Waals surface area contributed by atoms with Gasteiger partial charge >= 0.3 is 5.97 Å². The first kappa shape index (κ1) is 15.8. The van der Waals surface area contributed by atoms with Gasteiger partial charge in [0.1, 0.15) is 5.60 Å². The number of hydrogen-bond acceptors (Lipinski definition) is 3. The monoisotopic (exact) mass is 312 g/mol. The van der Waals surface area contributed by atoms with Crippen LogP contribution >= 0.6 is 0 Å². The van der Waals surface area contributed by atoms with Gasteiger partial charge in [0.2, 0.25) is 0 Å². The highest BCUT2D eigenvalue weighted by Crippen LogP contribution is 2.36. The molecule has 0 spiro atoms. The maximum atomic E-state index is 12.0. The van der Waals surface area contributed by atoms with Crippen molar-refractivity contribution in [2.45, 2.75) is 46.1 Å². The van der Waals surface area contributed by atoms with Crippen molar-refractivity contribution in [2.75, 3.05) is 0 Å². The molecule has 122 valence electrons. The quantitative estimate of drug-likeness (QED) is 0.787. The number of nitrogens with zero attached hydrogens (tertiary/aromatic N) is 2. The Morgan fingerprint density at radius 3 is 2.70 bits per heavy atom. The van der Waals surface area contributed by atoms with Gasteiger partial charge in [-0.25, -0.2) is 0 Å². The van der Waals surface area contributed by atoms with E-state index in [0.29, 0.717) is 0 Å². The fourth-order valence-corrected chi connectivity index (χ4v) is 3.02. The van der Waals surface area contributed by atoms with E-state index in [1.807, 2.05) is 38.7 Å². The van der Waals surface area contributed by atoms with Crippen LogP contribution < -0.4 is 0 Å². The third-order valence-electron chi connectivity index (χ3n) is 4.06. The number of benzene rings is 1. The zero-order chi connectivity index (χ0) is 16.8. The summed E-state index contributed by atoms with van der Waals surface area (Å²) in [6.07, 6.45) is 5.84. The molecule has 3 rings (SSSR count). The lowest BCUT2D eigenvalue weighted by atomic mass is 9.79. The van der Waals surface area contributed by atoms with Gasteiger partial charge in [0.25, 0.3) is 0 Å². The van der Waals surface area contributed by atoms with Crippen molar-refractivity contribution in [3.05, 3.63) is 35.0 Å². The molecule has 1 aromatic heterocycles. The van der Waals surface area contributed by atoms with E-state index in [9.17, 15) is 4.79 Å². The van der Waals surface area contributed by atoms with Gasteiger partial charge in [-0.1, -0.05) is 11.6 Å². The summed E-state index contributed by atoms with van der Waals surface area (Å²) in [5, 5.41) is 5.63. The second-order valence-electron chi connectivity index (χ2n) is 7.52. The van der Waals surface area contributed by atoms with Gasteiger partial charge in [0.15, 0.2) is 0 Å². The van der Waals surface area contributed by atoms with Crippen LogP contribution in [0.4, 0.5) is 0 Å². The molecule has 0 atom stereocenters. The fraction of sp³-hybridized carbons (Fsp3) is 0.474. The zero-order valence-electron chi connectivity index (χ0n) is 14.5. The third-order valence-corrected chi connectivity index (χ3v) is 4.06. The van der Waals surface area contributed by atoms with Crippen molar-refractivity contribution in [1.29, 1.82) is 0 Å². The molecule has 0 aliphatic heterocycles. The van der Waals surface area contributed by atoms with Gasteiger partial charge < -0.3 is 4.74 Å². The van der Waals surface area contributed by atoms with Gasteiger partial charge in [-0.05, 0) is 63.8 Å². The van der Waals surface area contributed by atoms with E-state index in [1.165, 1.54) is 16.7 Å². The number of aromatic nitrogens is 2. The van der Waals surface area contributed by atoms with Crippen molar-refractivity contribution in [3.63, 3.8) is 0 Å². The van der Waals surface area contributed by atoms with Gasteiger partial charge in [0.05, 0.1) is 11.4 Å². The Bertz CT molecular complexity index is 786. The van der Waals surface area contributed by atoms with Crippen LogP contribution in [0.25, 0.3) is 17.0 Å². The number of rotatable bonds is 2. The van der Waals surface area contributed by atoms with Crippen molar-refractivity contribution < 1.29 is 9.53 Å². The molecule has 0 unspecified atom stereocenters. The molecule has 1 fully saturated rings. The molecule has 0 amide bonds. The highest BCUT2D eigenvalue weighted by Gasteiger charge is 2.33. The van der Waals surface area contributed by atoms with E-state index in [4.69, 9.17) is 4.74 Å². The van der Waals surface area contributed by atoms with E-state index >= 15 is 0 Å². The molecule has 1 aromatic carbocycles. The summed E-state index contributed by atoms with van der Waals surface area (Å²) in [5.74, 6) is -0.0581. The summed E-state index contributed by atoms with van der Waals surface area (Å²) in [6, 6.07) is 4.31. The minimum Gasteiger partial charge on any atom is -0.460 e. The Hall–Kier alpha value is -2.10. The largest absolute Gasteiger partial charge is 0.460 e. The van der Waals surface area contributed by atoms with Gasteiger partial charge in [-0.15, -0.1) is 0 Å². The number of hydrogen-bond donors (Lipinski definition) is 0. The lowest BCUT2D eigenvalue weighted by molar-refractivity contribution is -0.161. The first-order chi connectivity index (χ1) is 10.7. The molecule has 4 nitrogen and oxygen atoms in total. The van der Waals surface area contributed by atoms with Crippen molar-refractivity contribution >= 4 is 22.9 Å². The van der Waals surface area contributed by atoms with E-state index in [2.05, 4.69) is 30.2 Å². The number of fused-ring (bicyclic) bond motifs is 1. The molecule has 1 aliphatic rings. The van der Waals surface area contributed by atoms with Gasteiger partial charge in [-0.3, -0.25) is 9.48 Å². The summed E-state index contributed by atoms with van der Waals surface area (Å²) >= 11 is 0. The minimum atomic E-state index is -0.404. The molecule has 0 radical (unpaired) electrons. The van der Waals surface area contributed by atoms with Gasteiger partial charge in [0, 0.05) is 18.6 Å². The van der Waals surface area contributed by atoms with Gasteiger partial charge in [-0.2, -0.15) is 5.10 Å². The maximum absolute atomic E-state index is 12.0. The van der Waals surface area contributed by atoms with Crippen molar-refractivity contribution in [2.24, 2.45) is 13.0 Å². The average Bonchev–Trinajstić information content (AvgIpc) is 2.72. The predicted octanol–water partition coefficient (Wildman–Crippen LogP) is 4.02. The van der Waals surface area contributed by atoms with Crippen LogP contribution in [0.1, 0.15) is 44.7 Å². The number of allylic oxidation sites excluding steroid dienone is 1. The lowest BCUT2D eigenvalue weighted by Gasteiger charge is -2.30. The summed E-state index contributed by atoms with van der Waals surface area (Å²) in [7, 11) is 1.94. The molecular weight excluding hydrogens is 288 g/mol. The van der Waals surface area contributed by atoms with Crippen LogP contribution in [-0.4, -0.2) is 21.4 Å². The summed E-state index contributed by atoms with van der Waals surface area (Å²) in [6.45, 7) is 7.81. The second kappa shape index (κ2) is 5.52. The molecule has 2 aromatic rings. The molecule has 23 heavy (non-hydrogen) atoms. The minimum absolute atomic E-state index is 0.0173. The summed E-state index contributed by atoms with van der Waals surface area (Å²) in [5.41, 5.74) is 4.32. The topological polar surface area (TPSA) is 44.1 Å². The molecule has 0 bridgehead atoms. The first-order valence-corrected chi connectivity index (χ1v) is 8.07. The van der Waals surface area contributed by atoms with E-state index in [-0.39, 0.29) is 11.9 Å². The molecule has 0 saturated heterocycles. The standard InChI is InChI=1S/C19H24N2O2/c1-12-6-13(10-16-11-21(5)20-17(12)16)7-14-8-15(9-14)18(22)23-19(2,3)4/h6-7,10-11,15H,8-9H2,1-5H3. The number of carbonyl (C=O) groups is 1. The normalized spacial score (nSPS) is 18.0. The summed E-state index contributed by atoms with van der Waals surface area (Å²) < 4.78 is 7.29. The number of esters is 1. The summed E-state index contributed by atoms with van der Waals surface area (Å²) in [4.78, 5) is 12.0. The van der Waals surface area contributed by atoms with Crippen LogP contribution in [0.5, 0.6) is 0 Å². The SMILES string of the molecule is Cc1cc(C=C2CC(C(=O)OC(C)(C)C)C2)cc2cn(C)nc12. The van der Waals surface area contributed by atoms with Crippen molar-refractivity contribution in [1.82, 2.24) is 9.78 Å². The lowest BCUT2D eigenvalue weighted by Crippen LogP contribution is -2.32. The Morgan fingerprint density at radius 2 is 2.04 bits per heavy atom. The zero-order valence-corrected chi connectivity index (χ0v) is 14.5. The molecule has 4 heteroatoms. The Morgan fingerprint density at radius 1 is 1.35 bits per heavy atom. The first-order valence-electron chi connectivity index (χ1n) is 8.07. The molecule has 0 N–H and O–H groups in total. The van der Waals surface area contributed by atoms with Crippen LogP contribution in [0, 0.1) is 12.8 Å². The Labute approximate surface area is 137 Å². The van der Waals surface area contributed by atoms with Crippen LogP contribution in [0.15, 0.2) is 23.9 Å². The second-order valence-corrected chi connectivity index (χ2v) is 7.52. The Kier molecular flexibility index (Phi) is 3.78. The molecule has 1 saturated carbocycles. The van der Waals surface area contributed by atoms with Crippen molar-refractivity contribution in [3.8, 4) is 0 Å². The molecule has 1 aliphatic carbocycles. The predicted molar refractivity (Wildman–Crippen MR) is 92.0 cm³/mol. The van der Waals surface area contributed by atoms with E-state index in [1.54, 1.807) is 0 Å². The molecular formula is C19H24N2O2. The number of carbonyl (C=O) groups excluding carboxylic acids is 1. The van der Waals surface area contributed by atoms with E-state index in [0.717, 1.165) is 23.7 Å².